The zero-order valence-corrected chi connectivity index (χ0v) is 10.5. The van der Waals surface area contributed by atoms with Gasteiger partial charge in [0, 0.05) is 12.6 Å². The van der Waals surface area contributed by atoms with Gasteiger partial charge >= 0.3 is 0 Å². The molecule has 0 unspecified atom stereocenters. The Morgan fingerprint density at radius 1 is 1.45 bits per heavy atom. The molecule has 0 saturated heterocycles. The molecule has 0 radical (unpaired) electrons. The van der Waals surface area contributed by atoms with Crippen molar-refractivity contribution < 1.29 is 9.59 Å². The molecule has 0 aliphatic carbocycles. The molecule has 2 aromatic rings. The Morgan fingerprint density at radius 3 is 3.15 bits per heavy atom. The van der Waals surface area contributed by atoms with Crippen LogP contribution in [-0.2, 0) is 16.1 Å². The summed E-state index contributed by atoms with van der Waals surface area (Å²) >= 11 is 0. The van der Waals surface area contributed by atoms with E-state index in [1.165, 1.54) is 6.33 Å². The van der Waals surface area contributed by atoms with E-state index in [0.717, 1.165) is 0 Å². The van der Waals surface area contributed by atoms with E-state index in [-0.39, 0.29) is 18.2 Å². The van der Waals surface area contributed by atoms with E-state index in [9.17, 15) is 9.59 Å². The van der Waals surface area contributed by atoms with Crippen LogP contribution in [0, 0.1) is 5.92 Å². The van der Waals surface area contributed by atoms with Crippen molar-refractivity contribution in [2.75, 3.05) is 10.6 Å². The van der Waals surface area contributed by atoms with Gasteiger partial charge < -0.3 is 5.32 Å². The fourth-order valence-electron chi connectivity index (χ4n) is 2.01. The van der Waals surface area contributed by atoms with Gasteiger partial charge in [-0.1, -0.05) is 6.07 Å². The quantitative estimate of drug-likeness (QED) is 0.835. The van der Waals surface area contributed by atoms with Gasteiger partial charge in [-0.3, -0.25) is 14.9 Å². The molecule has 0 fully saturated rings. The number of carbonyl (C=O) groups excluding carboxylic acids is 2. The van der Waals surface area contributed by atoms with E-state index in [4.69, 9.17) is 0 Å². The molecule has 2 aromatic heterocycles. The van der Waals surface area contributed by atoms with E-state index in [1.807, 2.05) is 0 Å². The van der Waals surface area contributed by atoms with Crippen molar-refractivity contribution in [1.82, 2.24) is 19.7 Å². The maximum atomic E-state index is 11.9. The zero-order chi connectivity index (χ0) is 13.9. The number of amides is 2. The summed E-state index contributed by atoms with van der Waals surface area (Å²) in [6.45, 7) is 0.344. The zero-order valence-electron chi connectivity index (χ0n) is 10.5. The molecule has 8 nitrogen and oxygen atoms in total. The van der Waals surface area contributed by atoms with Crippen LogP contribution < -0.4 is 10.6 Å². The number of fused-ring (bicyclic) bond motifs is 1. The van der Waals surface area contributed by atoms with E-state index in [2.05, 4.69) is 25.7 Å². The summed E-state index contributed by atoms with van der Waals surface area (Å²) in [4.78, 5) is 31.7. The Kier molecular flexibility index (Phi) is 3.12. The smallest absolute Gasteiger partial charge is 0.232 e. The highest BCUT2D eigenvalue weighted by Gasteiger charge is 2.29. The molecular weight excluding hydrogens is 260 g/mol. The number of hydrogen-bond acceptors (Lipinski definition) is 5. The molecule has 20 heavy (non-hydrogen) atoms. The van der Waals surface area contributed by atoms with Crippen molar-refractivity contribution in [1.29, 1.82) is 0 Å². The minimum absolute atomic E-state index is 0.0711. The Hall–Kier alpha value is -2.77. The molecule has 0 spiro atoms. The van der Waals surface area contributed by atoms with Crippen molar-refractivity contribution in [2.45, 2.75) is 13.0 Å². The van der Waals surface area contributed by atoms with Gasteiger partial charge in [-0.05, 0) is 12.1 Å². The third kappa shape index (κ3) is 2.48. The predicted molar refractivity (Wildman–Crippen MR) is 69.6 cm³/mol. The molecule has 0 saturated carbocycles. The van der Waals surface area contributed by atoms with Crippen LogP contribution in [0.1, 0.15) is 6.42 Å². The first kappa shape index (κ1) is 12.3. The average molecular weight is 272 g/mol. The van der Waals surface area contributed by atoms with Crippen LogP contribution in [0.25, 0.3) is 0 Å². The van der Waals surface area contributed by atoms with Crippen LogP contribution in [0.5, 0.6) is 0 Å². The highest BCUT2D eigenvalue weighted by atomic mass is 16.2. The van der Waals surface area contributed by atoms with Gasteiger partial charge in [0.15, 0.2) is 0 Å². The number of nitrogens with zero attached hydrogens (tertiary/aromatic N) is 4. The number of nitrogens with one attached hydrogen (secondary N) is 2. The molecule has 2 amide bonds. The van der Waals surface area contributed by atoms with E-state index < -0.39 is 5.92 Å². The van der Waals surface area contributed by atoms with Gasteiger partial charge in [0.05, 0.1) is 12.5 Å². The Morgan fingerprint density at radius 2 is 2.35 bits per heavy atom. The standard InChI is InChI=1S/C12H12N6O2/c19-10(16-9-3-1-2-4-13-9)5-8-6-18-12(14-7-15-18)17-11(8)20/h1-4,7-8H,5-6H2,(H,13,16,19)(H,14,15,17,20)/t8-/m0/s1. The minimum Gasteiger partial charge on any atom is -0.311 e. The summed E-state index contributed by atoms with van der Waals surface area (Å²) < 4.78 is 1.57. The highest BCUT2D eigenvalue weighted by Crippen LogP contribution is 2.18. The van der Waals surface area contributed by atoms with Crippen LogP contribution in [0.4, 0.5) is 11.8 Å². The normalized spacial score (nSPS) is 17.2. The van der Waals surface area contributed by atoms with Crippen molar-refractivity contribution in [3.8, 4) is 0 Å². The summed E-state index contributed by atoms with van der Waals surface area (Å²) in [5.41, 5.74) is 0. The molecule has 3 heterocycles. The number of hydrogen-bond donors (Lipinski definition) is 2. The molecule has 3 rings (SSSR count). The van der Waals surface area contributed by atoms with Gasteiger partial charge in [-0.25, -0.2) is 9.67 Å². The van der Waals surface area contributed by atoms with Crippen molar-refractivity contribution in [3.05, 3.63) is 30.7 Å². The van der Waals surface area contributed by atoms with Crippen molar-refractivity contribution in [3.63, 3.8) is 0 Å². The van der Waals surface area contributed by atoms with Gasteiger partial charge in [0.2, 0.25) is 17.8 Å². The summed E-state index contributed by atoms with van der Waals surface area (Å²) in [6, 6.07) is 5.22. The first-order valence-electron chi connectivity index (χ1n) is 6.12. The first-order chi connectivity index (χ1) is 9.72. The number of rotatable bonds is 3. The van der Waals surface area contributed by atoms with Crippen LogP contribution in [-0.4, -0.2) is 31.6 Å². The fraction of sp³-hybridized carbons (Fsp3) is 0.250. The van der Waals surface area contributed by atoms with Crippen molar-refractivity contribution in [2.24, 2.45) is 5.92 Å². The molecular formula is C12H12N6O2. The second-order valence-electron chi connectivity index (χ2n) is 4.42. The Balaban J connectivity index is 1.63. The summed E-state index contributed by atoms with van der Waals surface area (Å²) in [7, 11) is 0. The van der Waals surface area contributed by atoms with Crippen LogP contribution in [0.3, 0.4) is 0 Å². The number of aromatic nitrogens is 4. The SMILES string of the molecule is O=C(C[C@H]1Cn2ncnc2NC1=O)Nc1ccccn1. The van der Waals surface area contributed by atoms with Crippen LogP contribution in [0.15, 0.2) is 30.7 Å². The number of pyridine rings is 1. The van der Waals surface area contributed by atoms with Crippen molar-refractivity contribution >= 4 is 23.6 Å². The van der Waals surface area contributed by atoms with Gasteiger partial charge in [0.25, 0.3) is 0 Å². The lowest BCUT2D eigenvalue weighted by molar-refractivity contribution is -0.126. The lowest BCUT2D eigenvalue weighted by Gasteiger charge is -2.21. The third-order valence-corrected chi connectivity index (χ3v) is 2.98. The van der Waals surface area contributed by atoms with E-state index in [0.29, 0.717) is 18.3 Å². The summed E-state index contributed by atoms with van der Waals surface area (Å²) in [5.74, 6) is -0.0615. The molecule has 1 aliphatic heterocycles. The fourth-order valence-corrected chi connectivity index (χ4v) is 2.01. The average Bonchev–Trinajstić information content (AvgIpc) is 2.87. The second kappa shape index (κ2) is 5.08. The third-order valence-electron chi connectivity index (χ3n) is 2.98. The predicted octanol–water partition coefficient (Wildman–Crippen LogP) is 0.270. The largest absolute Gasteiger partial charge is 0.311 e. The molecule has 102 valence electrons. The number of carbonyl (C=O) groups is 2. The maximum absolute atomic E-state index is 11.9. The molecule has 1 atom stereocenters. The summed E-state index contributed by atoms with van der Waals surface area (Å²) in [6.07, 6.45) is 3.03. The highest BCUT2D eigenvalue weighted by molar-refractivity contribution is 5.97. The van der Waals surface area contributed by atoms with E-state index >= 15 is 0 Å². The first-order valence-corrected chi connectivity index (χ1v) is 6.12. The molecule has 0 aromatic carbocycles. The second-order valence-corrected chi connectivity index (χ2v) is 4.42. The van der Waals surface area contributed by atoms with E-state index in [1.54, 1.807) is 29.1 Å². The van der Waals surface area contributed by atoms with Crippen LogP contribution in [0.2, 0.25) is 0 Å². The van der Waals surface area contributed by atoms with Gasteiger partial charge in [-0.15, -0.1) is 0 Å². The lowest BCUT2D eigenvalue weighted by Crippen LogP contribution is -2.36. The molecule has 2 N–H and O–H groups in total. The molecule has 0 bridgehead atoms. The lowest BCUT2D eigenvalue weighted by atomic mass is 10.0. The minimum atomic E-state index is -0.465. The number of anilines is 2. The summed E-state index contributed by atoms with van der Waals surface area (Å²) in [5, 5.41) is 9.25. The monoisotopic (exact) mass is 272 g/mol. The maximum Gasteiger partial charge on any atom is 0.232 e. The van der Waals surface area contributed by atoms with Crippen LogP contribution >= 0.6 is 0 Å². The molecule has 8 heteroatoms. The van der Waals surface area contributed by atoms with Gasteiger partial charge in [-0.2, -0.15) is 10.1 Å². The molecule has 1 aliphatic rings. The topological polar surface area (TPSA) is 102 Å². The Bertz CT molecular complexity index is 638. The Labute approximate surface area is 114 Å². The van der Waals surface area contributed by atoms with Gasteiger partial charge in [0.1, 0.15) is 12.1 Å².